The van der Waals surface area contributed by atoms with Crippen molar-refractivity contribution in [1.29, 1.82) is 0 Å². The number of piperidine rings is 1. The van der Waals surface area contributed by atoms with E-state index in [4.69, 9.17) is 10.1 Å². The van der Waals surface area contributed by atoms with Crippen LogP contribution in [-0.2, 0) is 0 Å². The molecule has 2 saturated heterocycles. The molecule has 8 heteroatoms. The van der Waals surface area contributed by atoms with Crippen molar-refractivity contribution < 1.29 is 9.90 Å². The summed E-state index contributed by atoms with van der Waals surface area (Å²) in [6, 6.07) is 3.08. The summed E-state index contributed by atoms with van der Waals surface area (Å²) in [6.07, 6.45) is 12.4. The van der Waals surface area contributed by atoms with Gasteiger partial charge in [-0.25, -0.2) is 9.78 Å². The molecular formula is C22H36N6O2. The second-order valence-electron chi connectivity index (χ2n) is 9.07. The molecule has 2 aliphatic heterocycles. The second-order valence-corrected chi connectivity index (χ2v) is 9.07. The van der Waals surface area contributed by atoms with E-state index in [9.17, 15) is 4.79 Å². The van der Waals surface area contributed by atoms with Crippen molar-refractivity contribution >= 4 is 17.9 Å². The first-order valence-electron chi connectivity index (χ1n) is 11.8. The van der Waals surface area contributed by atoms with E-state index in [1.54, 1.807) is 0 Å². The molecule has 1 aromatic heterocycles. The topological polar surface area (TPSA) is 93.6 Å². The monoisotopic (exact) mass is 416 g/mol. The highest BCUT2D eigenvalue weighted by atomic mass is 16.4. The number of likely N-dealkylation sites (tertiary alicyclic amines) is 1. The normalized spacial score (nSPS) is 28.5. The minimum atomic E-state index is -0.900. The lowest BCUT2D eigenvalue weighted by atomic mass is 9.89. The average molecular weight is 417 g/mol. The van der Waals surface area contributed by atoms with Crippen molar-refractivity contribution in [3.63, 3.8) is 0 Å². The van der Waals surface area contributed by atoms with Crippen LogP contribution in [0.3, 0.4) is 0 Å². The van der Waals surface area contributed by atoms with E-state index in [0.717, 1.165) is 70.0 Å². The quantitative estimate of drug-likeness (QED) is 0.678. The Bertz CT molecular complexity index is 686. The van der Waals surface area contributed by atoms with Gasteiger partial charge in [-0.15, -0.1) is 0 Å². The number of hydrogen-bond acceptors (Lipinski definition) is 6. The number of carboxylic acid groups (broad SMARTS) is 1. The number of amides is 1. The molecule has 3 heterocycles. The number of hydrogen-bond donors (Lipinski definition) is 3. The molecule has 1 saturated carbocycles. The molecule has 0 bridgehead atoms. The van der Waals surface area contributed by atoms with Crippen LogP contribution in [0.1, 0.15) is 64.2 Å². The first-order chi connectivity index (χ1) is 14.7. The lowest BCUT2D eigenvalue weighted by Crippen LogP contribution is -2.50. The predicted octanol–water partition coefficient (Wildman–Crippen LogP) is 3.31. The van der Waals surface area contributed by atoms with Gasteiger partial charge in [-0.1, -0.05) is 12.8 Å². The molecule has 166 valence electrons. The lowest BCUT2D eigenvalue weighted by Gasteiger charge is -2.41. The summed E-state index contributed by atoms with van der Waals surface area (Å²) in [5.41, 5.74) is 0. The smallest absolute Gasteiger partial charge is 0.404 e. The fourth-order valence-corrected chi connectivity index (χ4v) is 5.29. The van der Waals surface area contributed by atoms with Crippen LogP contribution in [0.15, 0.2) is 12.3 Å². The van der Waals surface area contributed by atoms with Crippen LogP contribution in [0, 0.1) is 0 Å². The van der Waals surface area contributed by atoms with Crippen molar-refractivity contribution in [2.24, 2.45) is 0 Å². The van der Waals surface area contributed by atoms with Crippen LogP contribution in [0.4, 0.5) is 16.6 Å². The molecule has 3 fully saturated rings. The number of rotatable bonds is 5. The Kier molecular flexibility index (Phi) is 7.25. The van der Waals surface area contributed by atoms with E-state index < -0.39 is 6.09 Å². The van der Waals surface area contributed by atoms with Gasteiger partial charge < -0.3 is 20.6 Å². The van der Waals surface area contributed by atoms with Crippen LogP contribution in [0.5, 0.6) is 0 Å². The third-order valence-electron chi connectivity index (χ3n) is 6.90. The maximum absolute atomic E-state index is 10.9. The van der Waals surface area contributed by atoms with Crippen molar-refractivity contribution in [1.82, 2.24) is 20.2 Å². The zero-order valence-electron chi connectivity index (χ0n) is 17.9. The van der Waals surface area contributed by atoms with E-state index in [0.29, 0.717) is 12.1 Å². The average Bonchev–Trinajstić information content (AvgIpc) is 3.04. The Morgan fingerprint density at radius 3 is 2.47 bits per heavy atom. The molecule has 1 unspecified atom stereocenters. The van der Waals surface area contributed by atoms with Gasteiger partial charge in [0, 0.05) is 44.0 Å². The molecule has 1 amide bonds. The Hall–Kier alpha value is -2.09. The van der Waals surface area contributed by atoms with Gasteiger partial charge in [0.1, 0.15) is 5.82 Å². The van der Waals surface area contributed by atoms with Crippen molar-refractivity contribution in [2.75, 3.05) is 36.4 Å². The van der Waals surface area contributed by atoms with Gasteiger partial charge in [-0.3, -0.25) is 4.90 Å². The third kappa shape index (κ3) is 5.74. The van der Waals surface area contributed by atoms with E-state index >= 15 is 0 Å². The maximum atomic E-state index is 10.9. The largest absolute Gasteiger partial charge is 0.465 e. The molecule has 0 aromatic carbocycles. The van der Waals surface area contributed by atoms with Gasteiger partial charge in [0.25, 0.3) is 0 Å². The van der Waals surface area contributed by atoms with E-state index in [2.05, 4.69) is 25.4 Å². The summed E-state index contributed by atoms with van der Waals surface area (Å²) < 4.78 is 0. The molecule has 4 rings (SSSR count). The zero-order valence-corrected chi connectivity index (χ0v) is 17.9. The minimum Gasteiger partial charge on any atom is -0.465 e. The first kappa shape index (κ1) is 21.2. The second kappa shape index (κ2) is 10.3. The fraction of sp³-hybridized carbons (Fsp3) is 0.773. The fourth-order valence-electron chi connectivity index (χ4n) is 5.29. The maximum Gasteiger partial charge on any atom is 0.404 e. The number of aromatic nitrogens is 2. The minimum absolute atomic E-state index is 0.118. The Labute approximate surface area is 179 Å². The lowest BCUT2D eigenvalue weighted by molar-refractivity contribution is 0.113. The van der Waals surface area contributed by atoms with Gasteiger partial charge in [-0.2, -0.15) is 4.98 Å². The van der Waals surface area contributed by atoms with Gasteiger partial charge >= 0.3 is 6.09 Å². The highest BCUT2D eigenvalue weighted by molar-refractivity contribution is 5.64. The molecule has 1 aliphatic carbocycles. The van der Waals surface area contributed by atoms with E-state index in [-0.39, 0.29) is 6.04 Å². The van der Waals surface area contributed by atoms with Crippen molar-refractivity contribution in [3.8, 4) is 0 Å². The van der Waals surface area contributed by atoms with E-state index in [1.807, 2.05) is 12.3 Å². The molecule has 1 aromatic rings. The van der Waals surface area contributed by atoms with Crippen LogP contribution in [0.25, 0.3) is 0 Å². The van der Waals surface area contributed by atoms with Gasteiger partial charge in [-0.05, 0) is 64.0 Å². The summed E-state index contributed by atoms with van der Waals surface area (Å²) in [7, 11) is 0. The zero-order chi connectivity index (χ0) is 20.8. The molecule has 1 atom stereocenters. The number of anilines is 2. The van der Waals surface area contributed by atoms with Crippen LogP contribution in [-0.4, -0.2) is 70.4 Å². The molecule has 8 nitrogen and oxygen atoms in total. The molecular weight excluding hydrogens is 380 g/mol. The SMILES string of the molecule is O=C(O)NC1CCC(N2CCCC(Nc3nccc(N4CCCCCC4)n3)C2)CC1. The summed E-state index contributed by atoms with van der Waals surface area (Å²) >= 11 is 0. The highest BCUT2D eigenvalue weighted by Gasteiger charge is 2.30. The van der Waals surface area contributed by atoms with Crippen LogP contribution < -0.4 is 15.5 Å². The molecule has 3 aliphatic rings. The highest BCUT2D eigenvalue weighted by Crippen LogP contribution is 2.27. The summed E-state index contributed by atoms with van der Waals surface area (Å²) in [6.45, 7) is 4.33. The standard InChI is InChI=1S/C22H36N6O2/c29-22(30)25-17-7-9-19(10-8-17)28-15-5-6-18(16-28)24-21-23-12-11-20(26-21)27-13-3-1-2-4-14-27/h11-12,17-19,25H,1-10,13-16H2,(H,29,30)(H,23,24,26). The van der Waals surface area contributed by atoms with Gasteiger partial charge in [0.2, 0.25) is 5.95 Å². The molecule has 3 N–H and O–H groups in total. The molecule has 30 heavy (non-hydrogen) atoms. The van der Waals surface area contributed by atoms with Crippen LogP contribution in [0.2, 0.25) is 0 Å². The van der Waals surface area contributed by atoms with Gasteiger partial charge in [0.15, 0.2) is 0 Å². The number of nitrogens with zero attached hydrogens (tertiary/aromatic N) is 4. The predicted molar refractivity (Wildman–Crippen MR) is 118 cm³/mol. The summed E-state index contributed by atoms with van der Waals surface area (Å²) in [5.74, 6) is 1.80. The van der Waals surface area contributed by atoms with Gasteiger partial charge in [0.05, 0.1) is 0 Å². The molecule has 0 spiro atoms. The number of carbonyl (C=O) groups is 1. The van der Waals surface area contributed by atoms with Crippen molar-refractivity contribution in [3.05, 3.63) is 12.3 Å². The summed E-state index contributed by atoms with van der Waals surface area (Å²) in [5, 5.41) is 15.2. The Morgan fingerprint density at radius 2 is 1.73 bits per heavy atom. The third-order valence-corrected chi connectivity index (χ3v) is 6.90. The number of nitrogens with one attached hydrogen (secondary N) is 2. The van der Waals surface area contributed by atoms with E-state index in [1.165, 1.54) is 32.1 Å². The Morgan fingerprint density at radius 1 is 0.967 bits per heavy atom. The first-order valence-corrected chi connectivity index (χ1v) is 11.8. The summed E-state index contributed by atoms with van der Waals surface area (Å²) in [4.78, 5) is 25.2. The Balaban J connectivity index is 1.30. The molecule has 0 radical (unpaired) electrons. The van der Waals surface area contributed by atoms with Crippen LogP contribution >= 0.6 is 0 Å². The van der Waals surface area contributed by atoms with Crippen molar-refractivity contribution in [2.45, 2.75) is 82.3 Å².